The lowest BCUT2D eigenvalue weighted by molar-refractivity contribution is -0.121. The minimum absolute atomic E-state index is 0.148. The van der Waals surface area contributed by atoms with Crippen LogP contribution in [0.15, 0.2) is 48.7 Å². The number of amides is 1. The number of pyridine rings is 1. The van der Waals surface area contributed by atoms with Crippen LogP contribution < -0.4 is 11.1 Å². The summed E-state index contributed by atoms with van der Waals surface area (Å²) >= 11 is 0. The number of rotatable bonds is 5. The minimum Gasteiger partial charge on any atom is -0.397 e. The molecule has 2 rings (SSSR count). The van der Waals surface area contributed by atoms with Gasteiger partial charge in [-0.05, 0) is 17.7 Å². The SMILES string of the molecule is Nc1ccc(CC(=O)NC(CO)c2ccccc2)nc1. The predicted octanol–water partition coefficient (Wildman–Crippen LogP) is 1.06. The molecule has 4 N–H and O–H groups in total. The molecule has 1 aromatic carbocycles. The monoisotopic (exact) mass is 271 g/mol. The zero-order valence-corrected chi connectivity index (χ0v) is 11.0. The molecule has 5 heteroatoms. The van der Waals surface area contributed by atoms with E-state index in [2.05, 4.69) is 10.3 Å². The van der Waals surface area contributed by atoms with Gasteiger partial charge in [0.15, 0.2) is 0 Å². The number of carbonyl (C=O) groups is 1. The number of carbonyl (C=O) groups excluding carboxylic acids is 1. The second kappa shape index (κ2) is 6.68. The first-order valence-electron chi connectivity index (χ1n) is 6.34. The van der Waals surface area contributed by atoms with Crippen LogP contribution in [0.2, 0.25) is 0 Å². The smallest absolute Gasteiger partial charge is 0.226 e. The van der Waals surface area contributed by atoms with E-state index in [0.29, 0.717) is 11.4 Å². The van der Waals surface area contributed by atoms with Crippen molar-refractivity contribution < 1.29 is 9.90 Å². The van der Waals surface area contributed by atoms with Crippen LogP contribution in [-0.4, -0.2) is 22.6 Å². The van der Waals surface area contributed by atoms with Crippen molar-refractivity contribution in [3.63, 3.8) is 0 Å². The average molecular weight is 271 g/mol. The molecule has 0 bridgehead atoms. The number of benzene rings is 1. The van der Waals surface area contributed by atoms with Gasteiger partial charge in [-0.15, -0.1) is 0 Å². The van der Waals surface area contributed by atoms with E-state index in [1.807, 2.05) is 30.3 Å². The first kappa shape index (κ1) is 14.0. The van der Waals surface area contributed by atoms with Gasteiger partial charge in [0.05, 0.1) is 31.0 Å². The normalized spacial score (nSPS) is 11.8. The summed E-state index contributed by atoms with van der Waals surface area (Å²) in [4.78, 5) is 16.0. The van der Waals surface area contributed by atoms with Crippen LogP contribution in [0.25, 0.3) is 0 Å². The largest absolute Gasteiger partial charge is 0.397 e. The zero-order chi connectivity index (χ0) is 14.4. The topological polar surface area (TPSA) is 88.2 Å². The fourth-order valence-corrected chi connectivity index (χ4v) is 1.87. The van der Waals surface area contributed by atoms with Crippen LogP contribution in [-0.2, 0) is 11.2 Å². The van der Waals surface area contributed by atoms with Gasteiger partial charge in [-0.25, -0.2) is 0 Å². The first-order chi connectivity index (χ1) is 9.69. The van der Waals surface area contributed by atoms with Gasteiger partial charge in [0.25, 0.3) is 0 Å². The lowest BCUT2D eigenvalue weighted by atomic mass is 10.1. The van der Waals surface area contributed by atoms with Gasteiger partial charge in [-0.3, -0.25) is 9.78 Å². The van der Waals surface area contributed by atoms with Gasteiger partial charge in [0, 0.05) is 5.69 Å². The van der Waals surface area contributed by atoms with E-state index in [1.165, 1.54) is 6.20 Å². The Labute approximate surface area is 117 Å². The maximum atomic E-state index is 11.9. The van der Waals surface area contributed by atoms with Gasteiger partial charge in [0.1, 0.15) is 0 Å². The van der Waals surface area contributed by atoms with Crippen LogP contribution >= 0.6 is 0 Å². The molecule has 1 atom stereocenters. The summed E-state index contributed by atoms with van der Waals surface area (Å²) in [5, 5.41) is 12.2. The van der Waals surface area contributed by atoms with E-state index in [0.717, 1.165) is 5.56 Å². The fourth-order valence-electron chi connectivity index (χ4n) is 1.87. The van der Waals surface area contributed by atoms with E-state index in [9.17, 15) is 9.90 Å². The average Bonchev–Trinajstić information content (AvgIpc) is 2.48. The van der Waals surface area contributed by atoms with Crippen molar-refractivity contribution in [2.75, 3.05) is 12.3 Å². The maximum Gasteiger partial charge on any atom is 0.226 e. The molecule has 0 fully saturated rings. The number of aliphatic hydroxyl groups is 1. The number of anilines is 1. The van der Waals surface area contributed by atoms with Gasteiger partial charge in [-0.1, -0.05) is 30.3 Å². The van der Waals surface area contributed by atoms with Crippen molar-refractivity contribution in [2.24, 2.45) is 0 Å². The zero-order valence-electron chi connectivity index (χ0n) is 11.0. The summed E-state index contributed by atoms with van der Waals surface area (Å²) < 4.78 is 0. The molecular weight excluding hydrogens is 254 g/mol. The highest BCUT2D eigenvalue weighted by Gasteiger charge is 2.13. The van der Waals surface area contributed by atoms with E-state index in [4.69, 9.17) is 5.73 Å². The fraction of sp³-hybridized carbons (Fsp3) is 0.200. The number of hydrogen-bond donors (Lipinski definition) is 3. The number of aliphatic hydroxyl groups excluding tert-OH is 1. The van der Waals surface area contributed by atoms with Gasteiger partial charge in [0.2, 0.25) is 5.91 Å². The van der Waals surface area contributed by atoms with Crippen LogP contribution in [0.4, 0.5) is 5.69 Å². The van der Waals surface area contributed by atoms with Crippen LogP contribution in [0.5, 0.6) is 0 Å². The Morgan fingerprint density at radius 3 is 2.60 bits per heavy atom. The van der Waals surface area contributed by atoms with Crippen molar-refractivity contribution in [1.29, 1.82) is 0 Å². The van der Waals surface area contributed by atoms with Crippen molar-refractivity contribution in [1.82, 2.24) is 10.3 Å². The van der Waals surface area contributed by atoms with Crippen molar-refractivity contribution >= 4 is 11.6 Å². The molecule has 0 radical (unpaired) electrons. The van der Waals surface area contributed by atoms with Gasteiger partial charge >= 0.3 is 0 Å². The lowest BCUT2D eigenvalue weighted by Crippen LogP contribution is -2.32. The molecule has 0 spiro atoms. The molecule has 2 aromatic rings. The second-order valence-corrected chi connectivity index (χ2v) is 4.47. The summed E-state index contributed by atoms with van der Waals surface area (Å²) in [5.41, 5.74) is 7.61. The van der Waals surface area contributed by atoms with E-state index in [-0.39, 0.29) is 18.9 Å². The summed E-state index contributed by atoms with van der Waals surface area (Å²) in [6, 6.07) is 12.4. The Bertz CT molecular complexity index is 555. The Morgan fingerprint density at radius 1 is 1.25 bits per heavy atom. The van der Waals surface area contributed by atoms with Gasteiger partial charge < -0.3 is 16.2 Å². The Kier molecular flexibility index (Phi) is 4.68. The van der Waals surface area contributed by atoms with Crippen LogP contribution in [0, 0.1) is 0 Å². The highest BCUT2D eigenvalue weighted by atomic mass is 16.3. The van der Waals surface area contributed by atoms with E-state index in [1.54, 1.807) is 12.1 Å². The molecule has 1 heterocycles. The number of aromatic nitrogens is 1. The van der Waals surface area contributed by atoms with E-state index < -0.39 is 6.04 Å². The molecule has 1 unspecified atom stereocenters. The Balaban J connectivity index is 1.97. The number of nitrogen functional groups attached to an aromatic ring is 1. The molecule has 1 amide bonds. The third-order valence-corrected chi connectivity index (χ3v) is 2.91. The first-order valence-corrected chi connectivity index (χ1v) is 6.34. The summed E-state index contributed by atoms with van der Waals surface area (Å²) in [6.07, 6.45) is 1.67. The molecule has 0 aliphatic carbocycles. The molecule has 104 valence electrons. The highest BCUT2D eigenvalue weighted by molar-refractivity contribution is 5.78. The maximum absolute atomic E-state index is 11.9. The Hall–Kier alpha value is -2.40. The van der Waals surface area contributed by atoms with Gasteiger partial charge in [-0.2, -0.15) is 0 Å². The van der Waals surface area contributed by atoms with Crippen molar-refractivity contribution in [3.8, 4) is 0 Å². The molecular formula is C15H17N3O2. The molecule has 0 aliphatic rings. The number of nitrogens with two attached hydrogens (primary N) is 1. The van der Waals surface area contributed by atoms with Crippen molar-refractivity contribution in [3.05, 3.63) is 59.9 Å². The predicted molar refractivity (Wildman–Crippen MR) is 76.8 cm³/mol. The minimum atomic E-state index is -0.405. The number of hydrogen-bond acceptors (Lipinski definition) is 4. The molecule has 0 saturated heterocycles. The highest BCUT2D eigenvalue weighted by Crippen LogP contribution is 2.12. The standard InChI is InChI=1S/C15H17N3O2/c16-12-6-7-13(17-9-12)8-15(20)18-14(10-19)11-4-2-1-3-5-11/h1-7,9,14,19H,8,10,16H2,(H,18,20). The number of nitrogens with one attached hydrogen (secondary N) is 1. The van der Waals surface area contributed by atoms with Crippen LogP contribution in [0.3, 0.4) is 0 Å². The molecule has 0 aliphatic heterocycles. The third kappa shape index (κ3) is 3.80. The van der Waals surface area contributed by atoms with E-state index >= 15 is 0 Å². The van der Waals surface area contributed by atoms with Crippen LogP contribution in [0.1, 0.15) is 17.3 Å². The second-order valence-electron chi connectivity index (χ2n) is 4.47. The summed E-state index contributed by atoms with van der Waals surface area (Å²) in [7, 11) is 0. The summed E-state index contributed by atoms with van der Waals surface area (Å²) in [6.45, 7) is -0.148. The molecule has 1 aromatic heterocycles. The summed E-state index contributed by atoms with van der Waals surface area (Å²) in [5.74, 6) is -0.190. The quantitative estimate of drug-likeness (QED) is 0.758. The molecule has 5 nitrogen and oxygen atoms in total. The Morgan fingerprint density at radius 2 is 2.00 bits per heavy atom. The molecule has 0 saturated carbocycles. The van der Waals surface area contributed by atoms with Crippen molar-refractivity contribution in [2.45, 2.75) is 12.5 Å². The third-order valence-electron chi connectivity index (χ3n) is 2.91. The lowest BCUT2D eigenvalue weighted by Gasteiger charge is -2.16. The molecule has 20 heavy (non-hydrogen) atoms. The number of nitrogens with zero attached hydrogens (tertiary/aromatic N) is 1.